The predicted molar refractivity (Wildman–Crippen MR) is 145 cm³/mol. The molecule has 0 aliphatic heterocycles. The number of fused-ring (bicyclic) bond motifs is 1. The van der Waals surface area contributed by atoms with Crippen molar-refractivity contribution in [2.45, 2.75) is 46.6 Å². The van der Waals surface area contributed by atoms with E-state index in [1.807, 2.05) is 40.9 Å². The zero-order chi connectivity index (χ0) is 27.0. The predicted octanol–water partition coefficient (Wildman–Crippen LogP) is 7.41. The summed E-state index contributed by atoms with van der Waals surface area (Å²) in [6.45, 7) is 11.0. The number of anilines is 1. The van der Waals surface area contributed by atoms with Gasteiger partial charge in [-0.3, -0.25) is 14.5 Å². The molecule has 2 heterocycles. The quantitative estimate of drug-likeness (QED) is 0.118. The maximum Gasteiger partial charge on any atom is 0.345 e. The maximum atomic E-state index is 12.6. The van der Waals surface area contributed by atoms with E-state index in [0.717, 1.165) is 35.2 Å². The number of hydrogen-bond donors (Lipinski definition) is 1. The molecule has 0 radical (unpaired) electrons. The third-order valence-corrected chi connectivity index (χ3v) is 5.99. The van der Waals surface area contributed by atoms with Crippen molar-refractivity contribution in [1.82, 2.24) is 9.38 Å². The second kappa shape index (κ2) is 9.86. The molecule has 0 unspecified atom stereocenters. The average molecular weight is 521 g/mol. The molecule has 8 nitrogen and oxygen atoms in total. The monoisotopic (exact) mass is 520 g/mol. The molecule has 4 aromatic rings. The molecular weight excluding hydrogens is 492 g/mol. The van der Waals surface area contributed by atoms with Gasteiger partial charge in [-0.05, 0) is 68.1 Å². The van der Waals surface area contributed by atoms with E-state index in [-0.39, 0.29) is 27.2 Å². The lowest BCUT2D eigenvalue weighted by atomic mass is 9.82. The van der Waals surface area contributed by atoms with Gasteiger partial charge in [0.25, 0.3) is 5.69 Å². The number of imidazole rings is 1. The molecule has 0 aliphatic carbocycles. The van der Waals surface area contributed by atoms with E-state index in [9.17, 15) is 14.9 Å². The molecule has 192 valence electrons. The highest BCUT2D eigenvalue weighted by molar-refractivity contribution is 6.33. The number of nitrogens with one attached hydrogen (secondary N) is 1. The van der Waals surface area contributed by atoms with Crippen molar-refractivity contribution in [2.24, 2.45) is 5.41 Å². The van der Waals surface area contributed by atoms with Gasteiger partial charge < -0.3 is 10.1 Å². The zero-order valence-electron chi connectivity index (χ0n) is 21.4. The molecular formula is C28H29ClN4O4. The van der Waals surface area contributed by atoms with Gasteiger partial charge in [-0.15, -0.1) is 0 Å². The highest BCUT2D eigenvalue weighted by atomic mass is 35.5. The molecule has 0 aliphatic rings. The number of nitro benzene ring substituents is 1. The largest absolute Gasteiger partial charge is 0.423 e. The molecule has 1 N–H and O–H groups in total. The number of pyridine rings is 1. The number of hydrogen-bond acceptors (Lipinski definition) is 6. The Morgan fingerprint density at radius 1 is 1.08 bits per heavy atom. The summed E-state index contributed by atoms with van der Waals surface area (Å²) in [7, 11) is 0. The summed E-state index contributed by atoms with van der Waals surface area (Å²) in [5.74, 6) is 0.494. The Morgan fingerprint density at radius 2 is 1.78 bits per heavy atom. The highest BCUT2D eigenvalue weighted by Gasteiger charge is 2.28. The van der Waals surface area contributed by atoms with E-state index in [2.05, 4.69) is 39.9 Å². The van der Waals surface area contributed by atoms with Gasteiger partial charge in [-0.1, -0.05) is 38.4 Å². The van der Waals surface area contributed by atoms with Crippen LogP contribution in [0.15, 0.2) is 66.9 Å². The third kappa shape index (κ3) is 6.09. The van der Waals surface area contributed by atoms with E-state index >= 15 is 0 Å². The number of halogens is 1. The first kappa shape index (κ1) is 26.2. The van der Waals surface area contributed by atoms with Gasteiger partial charge in [0.05, 0.1) is 15.5 Å². The SMILES string of the molecule is CC(C)(C)CC(C)(C)Nc1c(-c2ccc(OC(=O)c3ccc([N+](=O)[O-])cc3Cl)cc2)nc2ccccn12. The number of rotatable bonds is 7. The van der Waals surface area contributed by atoms with Crippen molar-refractivity contribution >= 4 is 34.7 Å². The van der Waals surface area contributed by atoms with E-state index < -0.39 is 10.9 Å². The van der Waals surface area contributed by atoms with Crippen LogP contribution in [0.3, 0.4) is 0 Å². The Hall–Kier alpha value is -3.91. The van der Waals surface area contributed by atoms with Gasteiger partial charge in [0.1, 0.15) is 22.9 Å². The van der Waals surface area contributed by atoms with Crippen LogP contribution in [0.4, 0.5) is 11.5 Å². The Bertz CT molecular complexity index is 1470. The Morgan fingerprint density at radius 3 is 2.41 bits per heavy atom. The van der Waals surface area contributed by atoms with Crippen LogP contribution in [0.5, 0.6) is 5.75 Å². The summed E-state index contributed by atoms with van der Waals surface area (Å²) < 4.78 is 7.49. The van der Waals surface area contributed by atoms with Crippen LogP contribution in [0.1, 0.15) is 51.4 Å². The van der Waals surface area contributed by atoms with Crippen molar-refractivity contribution < 1.29 is 14.5 Å². The maximum absolute atomic E-state index is 12.6. The van der Waals surface area contributed by atoms with Crippen LogP contribution < -0.4 is 10.1 Å². The molecule has 0 saturated carbocycles. The van der Waals surface area contributed by atoms with E-state index in [4.69, 9.17) is 21.3 Å². The third-order valence-electron chi connectivity index (χ3n) is 5.68. The van der Waals surface area contributed by atoms with Crippen LogP contribution in [-0.4, -0.2) is 25.8 Å². The number of nitro groups is 1. The molecule has 4 rings (SSSR count). The number of carbonyl (C=O) groups excluding carboxylic acids is 1. The standard InChI is InChI=1S/C28H29ClN4O4/c1-27(2,3)17-28(4,5)31-25-24(30-23-8-6-7-15-32(23)25)18-9-12-20(13-10-18)37-26(34)21-14-11-19(33(35)36)16-22(21)29/h6-16,31H,17H2,1-5H3. The first-order chi connectivity index (χ1) is 17.3. The molecule has 0 fully saturated rings. The molecule has 37 heavy (non-hydrogen) atoms. The molecule has 0 spiro atoms. The minimum absolute atomic E-state index is 0.0456. The molecule has 0 saturated heterocycles. The summed E-state index contributed by atoms with van der Waals surface area (Å²) in [4.78, 5) is 27.8. The molecule has 2 aromatic carbocycles. The minimum atomic E-state index is -0.702. The van der Waals surface area contributed by atoms with E-state index in [1.165, 1.54) is 12.1 Å². The summed E-state index contributed by atoms with van der Waals surface area (Å²) in [6, 6.07) is 16.5. The summed E-state index contributed by atoms with van der Waals surface area (Å²) in [5, 5.41) is 14.6. The van der Waals surface area contributed by atoms with Crippen molar-refractivity contribution in [3.8, 4) is 17.0 Å². The zero-order valence-corrected chi connectivity index (χ0v) is 22.2. The number of carbonyl (C=O) groups is 1. The number of aromatic nitrogens is 2. The van der Waals surface area contributed by atoms with E-state index in [0.29, 0.717) is 5.75 Å². The van der Waals surface area contributed by atoms with Gasteiger partial charge in [-0.25, -0.2) is 9.78 Å². The van der Waals surface area contributed by atoms with Crippen molar-refractivity contribution in [3.05, 3.63) is 87.6 Å². The van der Waals surface area contributed by atoms with Gasteiger partial charge in [0.15, 0.2) is 0 Å². The van der Waals surface area contributed by atoms with Gasteiger partial charge in [-0.2, -0.15) is 0 Å². The van der Waals surface area contributed by atoms with Crippen LogP contribution in [0.2, 0.25) is 5.02 Å². The highest BCUT2D eigenvalue weighted by Crippen LogP contribution is 2.35. The fraction of sp³-hybridized carbons (Fsp3) is 0.286. The fourth-order valence-corrected chi connectivity index (χ4v) is 4.89. The van der Waals surface area contributed by atoms with Gasteiger partial charge in [0, 0.05) is 29.4 Å². The summed E-state index contributed by atoms with van der Waals surface area (Å²) in [6.07, 6.45) is 2.92. The number of nitrogens with zero attached hydrogens (tertiary/aromatic N) is 3. The van der Waals surface area contributed by atoms with E-state index in [1.54, 1.807) is 12.1 Å². The van der Waals surface area contributed by atoms with Crippen LogP contribution in [0, 0.1) is 15.5 Å². The van der Waals surface area contributed by atoms with Crippen molar-refractivity contribution in [1.29, 1.82) is 0 Å². The fourth-order valence-electron chi connectivity index (χ4n) is 4.63. The Kier molecular flexibility index (Phi) is 6.97. The second-order valence-electron chi connectivity index (χ2n) is 10.8. The normalized spacial score (nSPS) is 11.9. The molecule has 0 atom stereocenters. The molecule has 0 amide bonds. The first-order valence-corrected chi connectivity index (χ1v) is 12.2. The Balaban J connectivity index is 1.61. The van der Waals surface area contributed by atoms with Gasteiger partial charge >= 0.3 is 5.97 Å². The van der Waals surface area contributed by atoms with Crippen LogP contribution >= 0.6 is 11.6 Å². The Labute approximate surface area is 220 Å². The number of non-ortho nitro benzene ring substituents is 1. The lowest BCUT2D eigenvalue weighted by Gasteiger charge is -2.34. The smallest absolute Gasteiger partial charge is 0.345 e. The lowest BCUT2D eigenvalue weighted by Crippen LogP contribution is -2.36. The second-order valence-corrected chi connectivity index (χ2v) is 11.2. The first-order valence-electron chi connectivity index (χ1n) is 11.8. The van der Waals surface area contributed by atoms with Crippen LogP contribution in [0.25, 0.3) is 16.9 Å². The summed E-state index contributed by atoms with van der Waals surface area (Å²) in [5.41, 5.74) is 2.23. The lowest BCUT2D eigenvalue weighted by molar-refractivity contribution is -0.384. The van der Waals surface area contributed by atoms with Crippen molar-refractivity contribution in [3.63, 3.8) is 0 Å². The topological polar surface area (TPSA) is 98.8 Å². The number of ether oxygens (including phenoxy) is 1. The molecule has 9 heteroatoms. The average Bonchev–Trinajstić information content (AvgIpc) is 3.15. The molecule has 2 aromatic heterocycles. The van der Waals surface area contributed by atoms with Crippen LogP contribution in [-0.2, 0) is 0 Å². The van der Waals surface area contributed by atoms with Crippen molar-refractivity contribution in [2.75, 3.05) is 5.32 Å². The number of benzene rings is 2. The summed E-state index contributed by atoms with van der Waals surface area (Å²) >= 11 is 6.07. The minimum Gasteiger partial charge on any atom is -0.423 e. The number of esters is 1. The van der Waals surface area contributed by atoms with Gasteiger partial charge in [0.2, 0.25) is 0 Å². The molecule has 0 bridgehead atoms.